The first-order valence-corrected chi connectivity index (χ1v) is 8.38. The van der Waals surface area contributed by atoms with E-state index in [0.717, 1.165) is 10.6 Å². The lowest BCUT2D eigenvalue weighted by atomic mass is 10.0. The fourth-order valence-corrected chi connectivity index (χ4v) is 3.62. The van der Waals surface area contributed by atoms with Gasteiger partial charge < -0.3 is 5.73 Å². The molecular weight excluding hydrogens is 320 g/mol. The molecule has 24 heavy (non-hydrogen) atoms. The number of benzene rings is 1. The third-order valence-electron chi connectivity index (χ3n) is 4.15. The third-order valence-corrected chi connectivity index (χ3v) is 5.00. The summed E-state index contributed by atoms with van der Waals surface area (Å²) >= 11 is 1.45. The summed E-state index contributed by atoms with van der Waals surface area (Å²) in [6, 6.07) is 9.74. The summed E-state index contributed by atoms with van der Waals surface area (Å²) in [7, 11) is 0. The smallest absolute Gasteiger partial charge is 0.268 e. The number of carbonyl (C=O) groups is 1. The number of nitriles is 1. The van der Waals surface area contributed by atoms with E-state index in [2.05, 4.69) is 31.0 Å². The number of nitrogens with two attached hydrogens (primary N) is 1. The predicted molar refractivity (Wildman–Crippen MR) is 92.8 cm³/mol. The fraction of sp³-hybridized carbons (Fsp3) is 0.167. The summed E-state index contributed by atoms with van der Waals surface area (Å²) in [6.07, 6.45) is 2.16. The van der Waals surface area contributed by atoms with Crippen LogP contribution in [0.3, 0.4) is 0 Å². The molecule has 1 amide bonds. The first kappa shape index (κ1) is 16.1. The second-order valence-electron chi connectivity index (χ2n) is 5.70. The maximum atomic E-state index is 11.2. The predicted octanol–water partition coefficient (Wildman–Crippen LogP) is 1.85. The molecule has 0 aliphatic carbocycles. The standard InChI is InChI=1S/C18H16N4OS/c1-11-7-15(14-5-3-13(8-19)4-6-14)12(2)22(11)9-17-21-16(10-24-17)18(20)23/h3-7,10H,9H2,1-2H3,(H2,20,23)/p+1. The van der Waals surface area contributed by atoms with Gasteiger partial charge in [-0.15, -0.1) is 11.3 Å². The van der Waals surface area contributed by atoms with Gasteiger partial charge >= 0.3 is 0 Å². The Hall–Kier alpha value is -2.75. The quantitative estimate of drug-likeness (QED) is 0.893. The van der Waals surface area contributed by atoms with Crippen LogP contribution in [0.15, 0.2) is 47.1 Å². The molecule has 0 radical (unpaired) electrons. The van der Waals surface area contributed by atoms with Gasteiger partial charge in [0, 0.05) is 30.9 Å². The largest absolute Gasteiger partial charge is 0.364 e. The minimum absolute atomic E-state index is 0.323. The van der Waals surface area contributed by atoms with Crippen LogP contribution in [0, 0.1) is 11.3 Å². The topological polar surface area (TPSA) is 84.2 Å². The summed E-state index contributed by atoms with van der Waals surface area (Å²) in [6.45, 7) is 4.86. The van der Waals surface area contributed by atoms with Gasteiger partial charge in [-0.2, -0.15) is 5.26 Å². The Bertz CT molecular complexity index is 900. The Morgan fingerprint density at radius 3 is 2.62 bits per heavy atom. The molecular formula is C18H17N4OS+. The number of quaternary nitrogens is 1. The van der Waals surface area contributed by atoms with Crippen LogP contribution >= 0.6 is 11.3 Å². The Labute approximate surface area is 144 Å². The van der Waals surface area contributed by atoms with Crippen LogP contribution in [-0.2, 0) is 6.54 Å². The Morgan fingerprint density at radius 2 is 2.04 bits per heavy atom. The van der Waals surface area contributed by atoms with Crippen molar-refractivity contribution in [1.82, 2.24) is 4.98 Å². The van der Waals surface area contributed by atoms with Crippen molar-refractivity contribution in [3.05, 3.63) is 68.9 Å². The highest BCUT2D eigenvalue weighted by Crippen LogP contribution is 2.23. The summed E-state index contributed by atoms with van der Waals surface area (Å²) in [5, 5.41) is 11.5. The number of allylic oxidation sites excluding steroid dienone is 4. The van der Waals surface area contributed by atoms with Crippen LogP contribution in [-0.4, -0.2) is 10.9 Å². The van der Waals surface area contributed by atoms with Gasteiger partial charge in [0.1, 0.15) is 28.6 Å². The lowest BCUT2D eigenvalue weighted by Gasteiger charge is -2.14. The van der Waals surface area contributed by atoms with Crippen molar-refractivity contribution in [3.63, 3.8) is 0 Å². The van der Waals surface area contributed by atoms with Crippen molar-refractivity contribution in [1.29, 1.82) is 5.26 Å². The molecule has 1 atom stereocenters. The Morgan fingerprint density at radius 1 is 1.33 bits per heavy atom. The van der Waals surface area contributed by atoms with E-state index in [-0.39, 0.29) is 0 Å². The Balaban J connectivity index is 1.86. The molecule has 120 valence electrons. The molecule has 6 heteroatoms. The van der Waals surface area contributed by atoms with E-state index in [1.165, 1.54) is 33.2 Å². The average Bonchev–Trinajstić information content (AvgIpc) is 3.15. The molecule has 0 saturated heterocycles. The van der Waals surface area contributed by atoms with E-state index in [9.17, 15) is 4.79 Å². The van der Waals surface area contributed by atoms with Crippen LogP contribution in [0.5, 0.6) is 0 Å². The molecule has 5 nitrogen and oxygen atoms in total. The van der Waals surface area contributed by atoms with E-state index in [1.54, 1.807) is 5.38 Å². The molecule has 0 saturated carbocycles. The minimum Gasteiger partial charge on any atom is -0.364 e. The van der Waals surface area contributed by atoms with Gasteiger partial charge in [0.15, 0.2) is 0 Å². The number of aromatic nitrogens is 1. The van der Waals surface area contributed by atoms with Crippen LogP contribution in [0.2, 0.25) is 0 Å². The monoisotopic (exact) mass is 337 g/mol. The van der Waals surface area contributed by atoms with Gasteiger partial charge in [0.2, 0.25) is 0 Å². The third kappa shape index (κ3) is 3.00. The van der Waals surface area contributed by atoms with Crippen LogP contribution < -0.4 is 10.6 Å². The van der Waals surface area contributed by atoms with Crippen LogP contribution in [0.4, 0.5) is 0 Å². The highest BCUT2D eigenvalue weighted by atomic mass is 32.1. The van der Waals surface area contributed by atoms with Gasteiger partial charge in [-0.1, -0.05) is 12.1 Å². The fourth-order valence-electron chi connectivity index (χ4n) is 2.82. The summed E-state index contributed by atoms with van der Waals surface area (Å²) in [4.78, 5) is 16.7. The van der Waals surface area contributed by atoms with E-state index < -0.39 is 5.91 Å². The molecule has 0 spiro atoms. The Kier molecular flexibility index (Phi) is 4.30. The molecule has 3 rings (SSSR count). The van der Waals surface area contributed by atoms with Gasteiger partial charge in [-0.05, 0) is 17.7 Å². The summed E-state index contributed by atoms with van der Waals surface area (Å²) in [5.41, 5.74) is 10.9. The zero-order valence-electron chi connectivity index (χ0n) is 13.5. The molecule has 3 N–H and O–H groups in total. The number of hydrogen-bond acceptors (Lipinski definition) is 4. The number of thiazole rings is 1. The zero-order valence-corrected chi connectivity index (χ0v) is 14.3. The lowest BCUT2D eigenvalue weighted by Crippen LogP contribution is -3.05. The van der Waals surface area contributed by atoms with Gasteiger partial charge in [0.05, 0.1) is 11.6 Å². The van der Waals surface area contributed by atoms with Gasteiger partial charge in [0.25, 0.3) is 5.91 Å². The summed E-state index contributed by atoms with van der Waals surface area (Å²) in [5.74, 6) is -0.494. The van der Waals surface area contributed by atoms with Crippen LogP contribution in [0.1, 0.15) is 40.5 Å². The molecule has 2 aromatic rings. The van der Waals surface area contributed by atoms with E-state index >= 15 is 0 Å². The molecule has 1 aliphatic rings. The molecule has 2 heterocycles. The second kappa shape index (κ2) is 6.40. The average molecular weight is 337 g/mol. The molecule has 1 aromatic heterocycles. The number of primary amides is 1. The van der Waals surface area contributed by atoms with Gasteiger partial charge in [-0.25, -0.2) is 4.98 Å². The highest BCUT2D eigenvalue weighted by molar-refractivity contribution is 7.09. The van der Waals surface area contributed by atoms with Crippen molar-refractivity contribution in [2.45, 2.75) is 20.4 Å². The van der Waals surface area contributed by atoms with Crippen LogP contribution in [0.25, 0.3) is 5.57 Å². The van der Waals surface area contributed by atoms with E-state index in [4.69, 9.17) is 11.0 Å². The molecule has 0 fully saturated rings. The zero-order chi connectivity index (χ0) is 17.3. The molecule has 1 aliphatic heterocycles. The summed E-state index contributed by atoms with van der Waals surface area (Å²) < 4.78 is 0. The minimum atomic E-state index is -0.494. The first-order chi connectivity index (χ1) is 11.5. The SMILES string of the molecule is CC1=CC(c2ccc(C#N)cc2)=C(C)[NH+]1Cc1nc(C(N)=O)cs1. The highest BCUT2D eigenvalue weighted by Gasteiger charge is 2.27. The van der Waals surface area contributed by atoms with Crippen molar-refractivity contribution in [3.8, 4) is 6.07 Å². The number of rotatable bonds is 4. The first-order valence-electron chi connectivity index (χ1n) is 7.50. The van der Waals surface area contributed by atoms with E-state index in [0.29, 0.717) is 17.8 Å². The van der Waals surface area contributed by atoms with Gasteiger partial charge in [-0.3, -0.25) is 9.69 Å². The number of nitrogens with zero attached hydrogens (tertiary/aromatic N) is 2. The van der Waals surface area contributed by atoms with Crippen molar-refractivity contribution in [2.24, 2.45) is 5.73 Å². The maximum absolute atomic E-state index is 11.2. The number of hydrogen-bond donors (Lipinski definition) is 2. The molecule has 0 bridgehead atoms. The maximum Gasteiger partial charge on any atom is 0.268 e. The number of amides is 1. The van der Waals surface area contributed by atoms with Crippen molar-refractivity contribution >= 4 is 22.8 Å². The van der Waals surface area contributed by atoms with E-state index in [1.807, 2.05) is 24.3 Å². The normalized spacial score (nSPS) is 16.9. The lowest BCUT2D eigenvalue weighted by molar-refractivity contribution is -0.831. The molecule has 1 unspecified atom stereocenters. The number of nitrogens with one attached hydrogen (secondary N) is 1. The van der Waals surface area contributed by atoms with Crippen molar-refractivity contribution < 1.29 is 9.69 Å². The van der Waals surface area contributed by atoms with Crippen molar-refractivity contribution in [2.75, 3.05) is 0 Å². The number of carbonyl (C=O) groups excluding carboxylic acids is 1. The second-order valence-corrected chi connectivity index (χ2v) is 6.64. The molecule has 1 aromatic carbocycles.